The van der Waals surface area contributed by atoms with Crippen molar-refractivity contribution in [1.82, 2.24) is 0 Å². The summed E-state index contributed by atoms with van der Waals surface area (Å²) in [6.07, 6.45) is 0. The Bertz CT molecular complexity index is 830. The van der Waals surface area contributed by atoms with E-state index in [1.165, 1.54) is 10.5 Å². The second-order valence-corrected chi connectivity index (χ2v) is 6.53. The highest BCUT2D eigenvalue weighted by molar-refractivity contribution is 7.99. The van der Waals surface area contributed by atoms with Crippen molar-refractivity contribution in [3.05, 3.63) is 83.9 Å². The molecule has 1 aliphatic heterocycles. The molecular formula is C20H16O2S. The molecule has 1 aliphatic rings. The van der Waals surface area contributed by atoms with Crippen molar-refractivity contribution in [1.29, 1.82) is 0 Å². The lowest BCUT2D eigenvalue weighted by Crippen LogP contribution is -2.07. The van der Waals surface area contributed by atoms with Gasteiger partial charge in [-0.3, -0.25) is 0 Å². The van der Waals surface area contributed by atoms with Gasteiger partial charge in [0.05, 0.1) is 12.4 Å². The highest BCUT2D eigenvalue weighted by Gasteiger charge is 2.28. The molecule has 0 fully saturated rings. The van der Waals surface area contributed by atoms with E-state index in [2.05, 4.69) is 42.5 Å². The third-order valence-corrected chi connectivity index (χ3v) is 5.21. The van der Waals surface area contributed by atoms with Crippen LogP contribution in [-0.2, 0) is 0 Å². The predicted octanol–water partition coefficient (Wildman–Crippen LogP) is 5.68. The van der Waals surface area contributed by atoms with Crippen LogP contribution in [0.3, 0.4) is 0 Å². The van der Waals surface area contributed by atoms with Crippen LogP contribution >= 0.6 is 11.8 Å². The van der Waals surface area contributed by atoms with E-state index in [0.717, 1.165) is 22.8 Å². The van der Waals surface area contributed by atoms with Crippen LogP contribution in [0, 0.1) is 0 Å². The van der Waals surface area contributed by atoms with Crippen LogP contribution in [0.25, 0.3) is 0 Å². The largest absolute Gasteiger partial charge is 0.497 e. The van der Waals surface area contributed by atoms with Gasteiger partial charge >= 0.3 is 0 Å². The highest BCUT2D eigenvalue weighted by atomic mass is 32.2. The van der Waals surface area contributed by atoms with Crippen LogP contribution in [0.2, 0.25) is 0 Å². The standard InChI is InChI=1S/C20H16O2S/c1-21-14-11-12-19-17(13-14)20(23-15-7-3-2-4-8-15)16-9-5-6-10-18(16)22-19/h2-13,20H,1H3/t20-/m1/s1. The molecule has 4 rings (SSSR count). The number of hydrogen-bond acceptors (Lipinski definition) is 3. The Balaban J connectivity index is 1.82. The molecule has 2 nitrogen and oxygen atoms in total. The molecule has 0 N–H and O–H groups in total. The zero-order valence-corrected chi connectivity index (χ0v) is 13.5. The van der Waals surface area contributed by atoms with Gasteiger partial charge < -0.3 is 9.47 Å². The van der Waals surface area contributed by atoms with Gasteiger partial charge in [0.25, 0.3) is 0 Å². The van der Waals surface area contributed by atoms with E-state index in [-0.39, 0.29) is 5.25 Å². The molecule has 0 aliphatic carbocycles. The highest BCUT2D eigenvalue weighted by Crippen LogP contribution is 2.52. The van der Waals surface area contributed by atoms with Crippen LogP contribution in [0.1, 0.15) is 16.4 Å². The normalized spacial score (nSPS) is 15.3. The first-order valence-corrected chi connectivity index (χ1v) is 8.39. The van der Waals surface area contributed by atoms with Gasteiger partial charge in [-0.05, 0) is 36.4 Å². The van der Waals surface area contributed by atoms with E-state index in [1.54, 1.807) is 7.11 Å². The first kappa shape index (κ1) is 14.2. The third kappa shape index (κ3) is 2.68. The minimum atomic E-state index is 0.187. The maximum Gasteiger partial charge on any atom is 0.132 e. The fourth-order valence-corrected chi connectivity index (χ4v) is 4.01. The summed E-state index contributed by atoms with van der Waals surface area (Å²) in [5, 5.41) is 0.187. The Morgan fingerprint density at radius 2 is 1.57 bits per heavy atom. The molecule has 3 aromatic carbocycles. The van der Waals surface area contributed by atoms with E-state index in [9.17, 15) is 0 Å². The van der Waals surface area contributed by atoms with E-state index >= 15 is 0 Å². The van der Waals surface area contributed by atoms with Gasteiger partial charge in [0.2, 0.25) is 0 Å². The average molecular weight is 320 g/mol. The molecule has 0 saturated carbocycles. The van der Waals surface area contributed by atoms with Crippen molar-refractivity contribution in [3.63, 3.8) is 0 Å². The predicted molar refractivity (Wildman–Crippen MR) is 93.7 cm³/mol. The summed E-state index contributed by atoms with van der Waals surface area (Å²) >= 11 is 1.83. The second kappa shape index (κ2) is 6.01. The molecule has 114 valence electrons. The van der Waals surface area contributed by atoms with Crippen molar-refractivity contribution >= 4 is 11.8 Å². The molecule has 1 atom stereocenters. The van der Waals surface area contributed by atoms with E-state index < -0.39 is 0 Å². The molecule has 23 heavy (non-hydrogen) atoms. The fourth-order valence-electron chi connectivity index (χ4n) is 2.79. The summed E-state index contributed by atoms with van der Waals surface area (Å²) in [5.74, 6) is 2.68. The number of fused-ring (bicyclic) bond motifs is 2. The number of ether oxygens (including phenoxy) is 2. The van der Waals surface area contributed by atoms with Crippen LogP contribution in [0.5, 0.6) is 17.2 Å². The van der Waals surface area contributed by atoms with Crippen LogP contribution < -0.4 is 9.47 Å². The average Bonchev–Trinajstić information content (AvgIpc) is 2.62. The molecule has 0 saturated heterocycles. The number of rotatable bonds is 3. The smallest absolute Gasteiger partial charge is 0.132 e. The van der Waals surface area contributed by atoms with Crippen molar-refractivity contribution in [2.24, 2.45) is 0 Å². The molecular weight excluding hydrogens is 304 g/mol. The second-order valence-electron chi connectivity index (χ2n) is 5.35. The van der Waals surface area contributed by atoms with Gasteiger partial charge in [0.1, 0.15) is 17.2 Å². The maximum absolute atomic E-state index is 6.08. The number of benzene rings is 3. The number of methoxy groups -OCH3 is 1. The van der Waals surface area contributed by atoms with Gasteiger partial charge in [-0.1, -0.05) is 36.4 Å². The van der Waals surface area contributed by atoms with Crippen LogP contribution in [0.15, 0.2) is 77.7 Å². The van der Waals surface area contributed by atoms with E-state index in [0.29, 0.717) is 0 Å². The Morgan fingerprint density at radius 3 is 2.39 bits per heavy atom. The lowest BCUT2D eigenvalue weighted by molar-refractivity contribution is 0.410. The first-order chi connectivity index (χ1) is 11.3. The monoisotopic (exact) mass is 320 g/mol. The Kier molecular flexibility index (Phi) is 3.72. The molecule has 0 amide bonds. The summed E-state index contributed by atoms with van der Waals surface area (Å²) in [4.78, 5) is 1.24. The minimum absolute atomic E-state index is 0.187. The van der Waals surface area contributed by atoms with Crippen LogP contribution in [-0.4, -0.2) is 7.11 Å². The Morgan fingerprint density at radius 1 is 0.826 bits per heavy atom. The Hall–Kier alpha value is -2.39. The quantitative estimate of drug-likeness (QED) is 0.618. The number of thioether (sulfide) groups is 1. The zero-order valence-electron chi connectivity index (χ0n) is 12.7. The van der Waals surface area contributed by atoms with Crippen molar-refractivity contribution in [3.8, 4) is 17.2 Å². The van der Waals surface area contributed by atoms with Crippen molar-refractivity contribution in [2.45, 2.75) is 10.1 Å². The molecule has 3 aromatic rings. The third-order valence-electron chi connectivity index (χ3n) is 3.92. The van der Waals surface area contributed by atoms with Gasteiger partial charge in [-0.15, -0.1) is 11.8 Å². The topological polar surface area (TPSA) is 18.5 Å². The molecule has 0 aromatic heterocycles. The Labute approximate surface area is 140 Å². The summed E-state index contributed by atoms with van der Waals surface area (Å²) in [6.45, 7) is 0. The molecule has 0 bridgehead atoms. The van der Waals surface area contributed by atoms with Gasteiger partial charge in [-0.25, -0.2) is 0 Å². The number of para-hydroxylation sites is 1. The fraction of sp³-hybridized carbons (Fsp3) is 0.100. The minimum Gasteiger partial charge on any atom is -0.497 e. The van der Waals surface area contributed by atoms with E-state index in [4.69, 9.17) is 9.47 Å². The van der Waals surface area contributed by atoms with Crippen molar-refractivity contribution in [2.75, 3.05) is 7.11 Å². The van der Waals surface area contributed by atoms with Crippen LogP contribution in [0.4, 0.5) is 0 Å². The number of hydrogen-bond donors (Lipinski definition) is 0. The molecule has 3 heteroatoms. The molecule has 0 spiro atoms. The molecule has 0 radical (unpaired) electrons. The maximum atomic E-state index is 6.08. The van der Waals surface area contributed by atoms with Gasteiger partial charge in [0.15, 0.2) is 0 Å². The van der Waals surface area contributed by atoms with Crippen molar-refractivity contribution < 1.29 is 9.47 Å². The first-order valence-electron chi connectivity index (χ1n) is 7.51. The van der Waals surface area contributed by atoms with Gasteiger partial charge in [-0.2, -0.15) is 0 Å². The van der Waals surface area contributed by atoms with Gasteiger partial charge in [0, 0.05) is 16.0 Å². The lowest BCUT2D eigenvalue weighted by Gasteiger charge is -2.28. The zero-order chi connectivity index (χ0) is 15.6. The summed E-state index contributed by atoms with van der Waals surface area (Å²) in [5.41, 5.74) is 2.35. The molecule has 1 heterocycles. The summed E-state index contributed by atoms with van der Waals surface area (Å²) in [7, 11) is 1.69. The summed E-state index contributed by atoms with van der Waals surface area (Å²) < 4.78 is 11.5. The summed E-state index contributed by atoms with van der Waals surface area (Å²) in [6, 6.07) is 24.7. The molecule has 0 unspecified atom stereocenters. The lowest BCUT2D eigenvalue weighted by atomic mass is 9.99. The van der Waals surface area contributed by atoms with E-state index in [1.807, 2.05) is 42.1 Å². The SMILES string of the molecule is COc1ccc2c(c1)[C@H](Sc1ccccc1)c1ccccc1O2.